The van der Waals surface area contributed by atoms with Crippen LogP contribution in [0.15, 0.2) is 77.3 Å². The Kier molecular flexibility index (Phi) is 10.4. The van der Waals surface area contributed by atoms with Crippen molar-refractivity contribution in [3.8, 4) is 5.75 Å². The highest BCUT2D eigenvalue weighted by Crippen LogP contribution is 2.28. The van der Waals surface area contributed by atoms with Crippen molar-refractivity contribution in [3.63, 3.8) is 0 Å². The van der Waals surface area contributed by atoms with E-state index in [-0.39, 0.29) is 24.3 Å². The van der Waals surface area contributed by atoms with E-state index in [1.54, 1.807) is 23.1 Å². The Labute approximate surface area is 226 Å². The second-order valence-electron chi connectivity index (χ2n) is 9.16. The molecular formula is C29H32BrClN2O3. The van der Waals surface area contributed by atoms with Crippen LogP contribution < -0.4 is 10.1 Å². The van der Waals surface area contributed by atoms with Gasteiger partial charge in [0.25, 0.3) is 5.91 Å². The fourth-order valence-electron chi connectivity index (χ4n) is 3.76. The summed E-state index contributed by atoms with van der Waals surface area (Å²) < 4.78 is 6.51. The molecule has 36 heavy (non-hydrogen) atoms. The highest BCUT2D eigenvalue weighted by Gasteiger charge is 2.31. The quantitative estimate of drug-likeness (QED) is 0.298. The number of rotatable bonds is 11. The van der Waals surface area contributed by atoms with Gasteiger partial charge in [0.15, 0.2) is 6.61 Å². The van der Waals surface area contributed by atoms with Gasteiger partial charge in [-0.1, -0.05) is 80.0 Å². The number of nitrogens with one attached hydrogen (secondary N) is 1. The van der Waals surface area contributed by atoms with Crippen LogP contribution in [0, 0.1) is 12.8 Å². The van der Waals surface area contributed by atoms with Crippen molar-refractivity contribution in [1.82, 2.24) is 10.2 Å². The van der Waals surface area contributed by atoms with Crippen LogP contribution >= 0.6 is 27.5 Å². The van der Waals surface area contributed by atoms with Crippen LogP contribution in [0.25, 0.3) is 0 Å². The molecule has 0 aliphatic rings. The Bertz CT molecular complexity index is 1170. The highest BCUT2D eigenvalue weighted by molar-refractivity contribution is 9.10. The summed E-state index contributed by atoms with van der Waals surface area (Å²) in [6.45, 7) is 6.70. The van der Waals surface area contributed by atoms with E-state index < -0.39 is 6.04 Å². The maximum absolute atomic E-state index is 13.7. The fraction of sp³-hybridized carbons (Fsp3) is 0.310. The number of carbonyl (C=O) groups excluding carboxylic acids is 2. The lowest BCUT2D eigenvalue weighted by Gasteiger charge is -2.32. The lowest BCUT2D eigenvalue weighted by Crippen LogP contribution is -2.52. The van der Waals surface area contributed by atoms with Crippen LogP contribution in [0.2, 0.25) is 5.02 Å². The number of ether oxygens (including phenoxy) is 1. The van der Waals surface area contributed by atoms with Gasteiger partial charge in [-0.15, -0.1) is 0 Å². The Balaban J connectivity index is 1.92. The van der Waals surface area contributed by atoms with Gasteiger partial charge in [0.1, 0.15) is 11.8 Å². The maximum atomic E-state index is 13.7. The van der Waals surface area contributed by atoms with Crippen LogP contribution in [0.5, 0.6) is 5.75 Å². The van der Waals surface area contributed by atoms with Gasteiger partial charge < -0.3 is 15.0 Å². The summed E-state index contributed by atoms with van der Waals surface area (Å²) in [6, 6.07) is 22.1. The zero-order chi connectivity index (χ0) is 26.1. The number of benzene rings is 3. The lowest BCUT2D eigenvalue weighted by atomic mass is 10.0. The largest absolute Gasteiger partial charge is 0.483 e. The summed E-state index contributed by atoms with van der Waals surface area (Å²) >= 11 is 9.46. The maximum Gasteiger partial charge on any atom is 0.261 e. The molecule has 0 spiro atoms. The zero-order valence-corrected chi connectivity index (χ0v) is 23.2. The topological polar surface area (TPSA) is 58.6 Å². The van der Waals surface area contributed by atoms with Crippen molar-refractivity contribution < 1.29 is 14.3 Å². The van der Waals surface area contributed by atoms with E-state index in [2.05, 4.69) is 21.2 Å². The Morgan fingerprint density at radius 3 is 2.39 bits per heavy atom. The first-order valence-electron chi connectivity index (χ1n) is 12.0. The molecule has 3 rings (SSSR count). The molecule has 0 aromatic heterocycles. The van der Waals surface area contributed by atoms with Gasteiger partial charge in [-0.05, 0) is 63.7 Å². The number of hydrogen-bond acceptors (Lipinski definition) is 3. The van der Waals surface area contributed by atoms with Gasteiger partial charge in [0.05, 0.1) is 4.47 Å². The van der Waals surface area contributed by atoms with Gasteiger partial charge in [-0.2, -0.15) is 0 Å². The second-order valence-corrected chi connectivity index (χ2v) is 10.4. The molecule has 3 aromatic carbocycles. The third kappa shape index (κ3) is 8.10. The molecule has 2 amide bonds. The van der Waals surface area contributed by atoms with E-state index in [9.17, 15) is 9.59 Å². The van der Waals surface area contributed by atoms with E-state index in [0.717, 1.165) is 16.7 Å². The molecule has 190 valence electrons. The number of carbonyl (C=O) groups is 2. The Morgan fingerprint density at radius 2 is 1.72 bits per heavy atom. The molecule has 0 aliphatic carbocycles. The van der Waals surface area contributed by atoms with Crippen LogP contribution in [-0.2, 0) is 22.6 Å². The molecule has 0 fully saturated rings. The first kappa shape index (κ1) is 27.8. The van der Waals surface area contributed by atoms with Crippen LogP contribution in [0.3, 0.4) is 0 Å². The molecule has 0 heterocycles. The molecule has 7 heteroatoms. The van der Waals surface area contributed by atoms with E-state index in [4.69, 9.17) is 16.3 Å². The van der Waals surface area contributed by atoms with Gasteiger partial charge in [0.2, 0.25) is 5.91 Å². The Hall–Kier alpha value is -2.83. The number of aryl methyl sites for hydroxylation is 1. The number of halogens is 2. The average Bonchev–Trinajstić information content (AvgIpc) is 2.85. The summed E-state index contributed by atoms with van der Waals surface area (Å²) in [6.07, 6.45) is 0.396. The summed E-state index contributed by atoms with van der Waals surface area (Å²) in [7, 11) is 0. The third-order valence-electron chi connectivity index (χ3n) is 5.80. The molecule has 0 saturated heterocycles. The monoisotopic (exact) mass is 570 g/mol. The molecule has 0 aliphatic heterocycles. The predicted octanol–water partition coefficient (Wildman–Crippen LogP) is 6.20. The number of nitrogens with zero attached hydrogens (tertiary/aromatic N) is 1. The molecule has 1 atom stereocenters. The summed E-state index contributed by atoms with van der Waals surface area (Å²) in [5.41, 5.74) is 3.01. The normalized spacial score (nSPS) is 11.7. The third-order valence-corrected chi connectivity index (χ3v) is 6.66. The minimum atomic E-state index is -0.699. The summed E-state index contributed by atoms with van der Waals surface area (Å²) in [5, 5.41) is 3.59. The van der Waals surface area contributed by atoms with Crippen molar-refractivity contribution in [3.05, 3.63) is 99.0 Å². The Morgan fingerprint density at radius 1 is 1.03 bits per heavy atom. The van der Waals surface area contributed by atoms with Gasteiger partial charge in [0, 0.05) is 24.5 Å². The fourth-order valence-corrected chi connectivity index (χ4v) is 4.56. The molecular weight excluding hydrogens is 540 g/mol. The van der Waals surface area contributed by atoms with E-state index in [1.165, 1.54) is 0 Å². The first-order valence-corrected chi connectivity index (χ1v) is 13.1. The van der Waals surface area contributed by atoms with Crippen molar-refractivity contribution in [2.45, 2.75) is 39.8 Å². The minimum Gasteiger partial charge on any atom is -0.483 e. The minimum absolute atomic E-state index is 0.179. The van der Waals surface area contributed by atoms with Gasteiger partial charge in [-0.25, -0.2) is 0 Å². The van der Waals surface area contributed by atoms with Crippen LogP contribution in [0.4, 0.5) is 0 Å². The summed E-state index contributed by atoms with van der Waals surface area (Å²) in [5.74, 6) is 0.341. The van der Waals surface area contributed by atoms with E-state index in [1.807, 2.05) is 75.4 Å². The number of amides is 2. The predicted molar refractivity (Wildman–Crippen MR) is 148 cm³/mol. The van der Waals surface area contributed by atoms with Crippen molar-refractivity contribution >= 4 is 39.3 Å². The summed E-state index contributed by atoms with van der Waals surface area (Å²) in [4.78, 5) is 28.8. The van der Waals surface area contributed by atoms with E-state index in [0.29, 0.717) is 34.8 Å². The van der Waals surface area contributed by atoms with Crippen molar-refractivity contribution in [1.29, 1.82) is 0 Å². The molecule has 1 N–H and O–H groups in total. The average molecular weight is 572 g/mol. The molecule has 3 aromatic rings. The zero-order valence-electron chi connectivity index (χ0n) is 20.8. The van der Waals surface area contributed by atoms with Gasteiger partial charge in [-0.3, -0.25) is 9.59 Å². The van der Waals surface area contributed by atoms with E-state index >= 15 is 0 Å². The second kappa shape index (κ2) is 13.5. The lowest BCUT2D eigenvalue weighted by molar-refractivity contribution is -0.142. The highest BCUT2D eigenvalue weighted by atomic mass is 79.9. The smallest absolute Gasteiger partial charge is 0.261 e. The molecule has 0 radical (unpaired) electrons. The number of hydrogen-bond donors (Lipinski definition) is 1. The molecule has 0 saturated carbocycles. The standard InChI is InChI=1S/C29H32BrClN2O3/c1-20(2)17-32-29(35)26(15-22-10-5-4-6-11-22)33(18-23-12-8-7-9-21(23)3)28(34)19-36-27-14-13-24(31)16-25(27)30/h4-14,16,20,26H,15,17-19H2,1-3H3,(H,32,35)/t26-/m0/s1. The molecule has 0 unspecified atom stereocenters. The van der Waals surface area contributed by atoms with Crippen LogP contribution in [0.1, 0.15) is 30.5 Å². The van der Waals surface area contributed by atoms with Gasteiger partial charge >= 0.3 is 0 Å². The first-order chi connectivity index (χ1) is 17.2. The molecule has 5 nitrogen and oxygen atoms in total. The SMILES string of the molecule is Cc1ccccc1CN(C(=O)COc1ccc(Cl)cc1Br)[C@@H](Cc1ccccc1)C(=O)NCC(C)C. The molecule has 0 bridgehead atoms. The van der Waals surface area contributed by atoms with Crippen LogP contribution in [-0.4, -0.2) is 35.9 Å². The van der Waals surface area contributed by atoms with Crippen molar-refractivity contribution in [2.24, 2.45) is 5.92 Å². The van der Waals surface area contributed by atoms with Crippen molar-refractivity contribution in [2.75, 3.05) is 13.2 Å².